The number of ether oxygens (including phenoxy) is 1. The first-order valence-corrected chi connectivity index (χ1v) is 5.67. The van der Waals surface area contributed by atoms with Crippen LogP contribution in [0.15, 0.2) is 30.0 Å². The van der Waals surface area contributed by atoms with Crippen molar-refractivity contribution in [3.63, 3.8) is 0 Å². The Morgan fingerprint density at radius 2 is 2.44 bits per heavy atom. The Kier molecular flexibility index (Phi) is 3.09. The van der Waals surface area contributed by atoms with Gasteiger partial charge in [0.05, 0.1) is 22.7 Å². The Morgan fingerprint density at radius 3 is 3.12 bits per heavy atom. The first-order valence-electron chi connectivity index (χ1n) is 4.47. The molecule has 0 bridgehead atoms. The van der Waals surface area contributed by atoms with Crippen LogP contribution >= 0.6 is 22.9 Å². The first kappa shape index (κ1) is 10.9. The normalized spacial score (nSPS) is 10.0. The van der Waals surface area contributed by atoms with Gasteiger partial charge in [0, 0.05) is 6.07 Å². The zero-order valence-corrected chi connectivity index (χ0v) is 9.81. The monoisotopic (exact) mass is 250 g/mol. The van der Waals surface area contributed by atoms with Gasteiger partial charge < -0.3 is 4.74 Å². The molecule has 5 heteroatoms. The Balaban J connectivity index is 2.38. The first-order chi connectivity index (χ1) is 7.69. The summed E-state index contributed by atoms with van der Waals surface area (Å²) in [4.78, 5) is 4.31. The summed E-state index contributed by atoms with van der Waals surface area (Å²) in [6, 6.07) is 7.51. The van der Waals surface area contributed by atoms with Crippen LogP contribution in [0, 0.1) is 11.3 Å². The standard InChI is InChI=1S/C11H7ClN2OS/c1-7(12)15-8-2-3-9-10(6-8)16-11(14-9)4-5-13/h2-3,6H,1,4H2. The van der Waals surface area contributed by atoms with Crippen molar-refractivity contribution in [2.24, 2.45) is 0 Å². The number of rotatable bonds is 3. The van der Waals surface area contributed by atoms with Crippen LogP contribution in [0.25, 0.3) is 10.2 Å². The van der Waals surface area contributed by atoms with Gasteiger partial charge >= 0.3 is 0 Å². The molecule has 3 nitrogen and oxygen atoms in total. The number of thiazole rings is 1. The van der Waals surface area contributed by atoms with E-state index >= 15 is 0 Å². The molecule has 0 saturated heterocycles. The highest BCUT2D eigenvalue weighted by Gasteiger charge is 2.05. The number of nitrogens with zero attached hydrogens (tertiary/aromatic N) is 2. The van der Waals surface area contributed by atoms with E-state index in [1.807, 2.05) is 12.1 Å². The third-order valence-corrected chi connectivity index (χ3v) is 2.96. The minimum atomic E-state index is 0.126. The van der Waals surface area contributed by atoms with E-state index in [1.165, 1.54) is 11.3 Å². The molecule has 0 aliphatic heterocycles. The Morgan fingerprint density at radius 1 is 1.62 bits per heavy atom. The van der Waals surface area contributed by atoms with Crippen LogP contribution in [0.3, 0.4) is 0 Å². The number of halogens is 1. The van der Waals surface area contributed by atoms with Crippen LogP contribution in [0.1, 0.15) is 5.01 Å². The zero-order valence-electron chi connectivity index (χ0n) is 8.24. The van der Waals surface area contributed by atoms with E-state index in [2.05, 4.69) is 17.6 Å². The number of nitriles is 1. The van der Waals surface area contributed by atoms with Gasteiger partial charge in [-0.25, -0.2) is 4.98 Å². The average molecular weight is 251 g/mol. The number of fused-ring (bicyclic) bond motifs is 1. The van der Waals surface area contributed by atoms with Gasteiger partial charge in [0.1, 0.15) is 10.8 Å². The second kappa shape index (κ2) is 4.52. The summed E-state index contributed by atoms with van der Waals surface area (Å²) in [5.41, 5.74) is 0.864. The number of hydrogen-bond acceptors (Lipinski definition) is 4. The molecule has 0 spiro atoms. The van der Waals surface area contributed by atoms with E-state index < -0.39 is 0 Å². The number of benzene rings is 1. The third-order valence-electron chi connectivity index (χ3n) is 1.86. The maximum Gasteiger partial charge on any atom is 0.186 e. The molecule has 1 aromatic heterocycles. The molecule has 0 fully saturated rings. The number of aromatic nitrogens is 1. The van der Waals surface area contributed by atoms with Gasteiger partial charge in [-0.1, -0.05) is 0 Å². The van der Waals surface area contributed by atoms with Crippen molar-refractivity contribution in [1.29, 1.82) is 5.26 Å². The Hall–Kier alpha value is -1.57. The van der Waals surface area contributed by atoms with Crippen molar-refractivity contribution in [2.75, 3.05) is 0 Å². The lowest BCUT2D eigenvalue weighted by atomic mass is 10.3. The molecule has 80 valence electrons. The summed E-state index contributed by atoms with van der Waals surface area (Å²) < 4.78 is 6.15. The van der Waals surface area contributed by atoms with Crippen molar-refractivity contribution >= 4 is 33.2 Å². The van der Waals surface area contributed by atoms with Crippen LogP contribution < -0.4 is 4.74 Å². The Labute approximate surface area is 102 Å². The summed E-state index contributed by atoms with van der Waals surface area (Å²) in [7, 11) is 0. The maximum absolute atomic E-state index is 8.58. The molecule has 1 heterocycles. The van der Waals surface area contributed by atoms with Crippen molar-refractivity contribution in [3.8, 4) is 11.8 Å². The second-order valence-electron chi connectivity index (χ2n) is 3.03. The zero-order chi connectivity index (χ0) is 11.5. The minimum Gasteiger partial charge on any atom is -0.446 e. The molecular formula is C11H7ClN2OS. The highest BCUT2D eigenvalue weighted by molar-refractivity contribution is 7.18. The van der Waals surface area contributed by atoms with E-state index in [1.54, 1.807) is 6.07 Å². The lowest BCUT2D eigenvalue weighted by molar-refractivity contribution is 0.465. The van der Waals surface area contributed by atoms with Gasteiger partial charge in [-0.3, -0.25) is 0 Å². The quantitative estimate of drug-likeness (QED) is 0.784. The van der Waals surface area contributed by atoms with E-state index in [-0.39, 0.29) is 5.22 Å². The molecule has 0 N–H and O–H groups in total. The van der Waals surface area contributed by atoms with Crippen molar-refractivity contribution in [1.82, 2.24) is 4.98 Å². The fraction of sp³-hybridized carbons (Fsp3) is 0.0909. The Bertz CT molecular complexity index is 585. The van der Waals surface area contributed by atoms with Crippen LogP contribution in [-0.2, 0) is 6.42 Å². The topological polar surface area (TPSA) is 45.9 Å². The smallest absolute Gasteiger partial charge is 0.186 e. The van der Waals surface area contributed by atoms with Crippen LogP contribution in [0.4, 0.5) is 0 Å². The summed E-state index contributed by atoms with van der Waals surface area (Å²) in [6.07, 6.45) is 0.331. The fourth-order valence-electron chi connectivity index (χ4n) is 1.29. The van der Waals surface area contributed by atoms with E-state index in [0.717, 1.165) is 15.2 Å². The molecule has 0 saturated carbocycles. The number of hydrogen-bond donors (Lipinski definition) is 0. The maximum atomic E-state index is 8.58. The van der Waals surface area contributed by atoms with Crippen molar-refractivity contribution < 1.29 is 4.74 Å². The van der Waals surface area contributed by atoms with Gasteiger partial charge in [0.25, 0.3) is 0 Å². The highest BCUT2D eigenvalue weighted by Crippen LogP contribution is 2.27. The largest absolute Gasteiger partial charge is 0.446 e. The van der Waals surface area contributed by atoms with E-state index in [4.69, 9.17) is 21.6 Å². The second-order valence-corrected chi connectivity index (χ2v) is 4.57. The van der Waals surface area contributed by atoms with Crippen LogP contribution in [0.5, 0.6) is 5.75 Å². The van der Waals surface area contributed by atoms with Crippen molar-refractivity contribution in [3.05, 3.63) is 35.0 Å². The summed E-state index contributed by atoms with van der Waals surface area (Å²) in [5, 5.41) is 9.51. The molecule has 0 atom stereocenters. The average Bonchev–Trinajstić information content (AvgIpc) is 2.59. The van der Waals surface area contributed by atoms with Crippen molar-refractivity contribution in [2.45, 2.75) is 6.42 Å². The summed E-state index contributed by atoms with van der Waals surface area (Å²) in [6.45, 7) is 3.45. The predicted octanol–water partition coefficient (Wildman–Crippen LogP) is 3.45. The van der Waals surface area contributed by atoms with E-state index in [0.29, 0.717) is 12.2 Å². The van der Waals surface area contributed by atoms with E-state index in [9.17, 15) is 0 Å². The van der Waals surface area contributed by atoms with Gasteiger partial charge in [-0.05, 0) is 30.3 Å². The van der Waals surface area contributed by atoms with Gasteiger partial charge in [-0.2, -0.15) is 5.26 Å². The minimum absolute atomic E-state index is 0.126. The van der Waals surface area contributed by atoms with Crippen LogP contribution in [-0.4, -0.2) is 4.98 Å². The lowest BCUT2D eigenvalue weighted by Crippen LogP contribution is -1.85. The molecule has 16 heavy (non-hydrogen) atoms. The van der Waals surface area contributed by atoms with Crippen LogP contribution in [0.2, 0.25) is 0 Å². The fourth-order valence-corrected chi connectivity index (χ4v) is 2.30. The summed E-state index contributed by atoms with van der Waals surface area (Å²) in [5.74, 6) is 0.625. The summed E-state index contributed by atoms with van der Waals surface area (Å²) >= 11 is 7.02. The molecule has 0 amide bonds. The third kappa shape index (κ3) is 2.32. The highest BCUT2D eigenvalue weighted by atomic mass is 35.5. The molecule has 2 rings (SSSR count). The molecule has 2 aromatic rings. The van der Waals surface area contributed by atoms with Gasteiger partial charge in [0.2, 0.25) is 0 Å². The van der Waals surface area contributed by atoms with Gasteiger partial charge in [-0.15, -0.1) is 11.3 Å². The van der Waals surface area contributed by atoms with Gasteiger partial charge in [0.15, 0.2) is 5.22 Å². The molecule has 1 aromatic carbocycles. The molecule has 0 radical (unpaired) electrons. The molecular weight excluding hydrogens is 244 g/mol. The SMILES string of the molecule is C=C(Cl)Oc1ccc2nc(CC#N)sc2c1. The molecule has 0 unspecified atom stereocenters. The molecule has 0 aliphatic carbocycles. The predicted molar refractivity (Wildman–Crippen MR) is 64.6 cm³/mol. The molecule has 0 aliphatic rings. The lowest BCUT2D eigenvalue weighted by Gasteiger charge is -2.01.